The third-order valence-electron chi connectivity index (χ3n) is 1.66. The van der Waals surface area contributed by atoms with Crippen LogP contribution in [0.1, 0.15) is 23.7 Å². The first kappa shape index (κ1) is 10.7. The number of rotatable bonds is 3. The number of carbonyl (C=O) groups is 1. The van der Waals surface area contributed by atoms with E-state index in [0.717, 1.165) is 0 Å². The molecule has 1 aromatic rings. The van der Waals surface area contributed by atoms with Crippen molar-refractivity contribution in [3.05, 3.63) is 23.1 Å². The molecule has 74 valence electrons. The third kappa shape index (κ3) is 2.54. The smallest absolute Gasteiger partial charge is 0.256 e. The fourth-order valence-corrected chi connectivity index (χ4v) is 1.19. The van der Waals surface area contributed by atoms with Crippen molar-refractivity contribution in [3.63, 3.8) is 0 Å². The molecule has 1 aromatic heterocycles. The standard InChI is InChI=1S/C10H10ClNO2/c1-3-4-7(2)12-10(13)8-5-6-14-9(8)11/h1,5-7H,4H2,2H3,(H,12,13). The molecule has 1 unspecified atom stereocenters. The van der Waals surface area contributed by atoms with Gasteiger partial charge in [-0.2, -0.15) is 0 Å². The zero-order chi connectivity index (χ0) is 10.6. The van der Waals surface area contributed by atoms with Gasteiger partial charge in [-0.25, -0.2) is 0 Å². The predicted octanol–water partition coefficient (Wildman–Crippen LogP) is 2.07. The molecule has 0 aliphatic heterocycles. The lowest BCUT2D eigenvalue weighted by molar-refractivity contribution is 0.0940. The van der Waals surface area contributed by atoms with E-state index in [9.17, 15) is 4.79 Å². The minimum Gasteiger partial charge on any atom is -0.452 e. The van der Waals surface area contributed by atoms with E-state index >= 15 is 0 Å². The van der Waals surface area contributed by atoms with Gasteiger partial charge in [0.25, 0.3) is 5.91 Å². The van der Waals surface area contributed by atoms with E-state index in [1.165, 1.54) is 12.3 Å². The van der Waals surface area contributed by atoms with Crippen molar-refractivity contribution in [2.24, 2.45) is 0 Å². The first-order valence-electron chi connectivity index (χ1n) is 4.12. The van der Waals surface area contributed by atoms with E-state index in [-0.39, 0.29) is 17.2 Å². The van der Waals surface area contributed by atoms with Crippen LogP contribution in [-0.4, -0.2) is 11.9 Å². The average Bonchev–Trinajstić information content (AvgIpc) is 2.51. The minimum atomic E-state index is -0.272. The Balaban J connectivity index is 2.60. The molecule has 0 radical (unpaired) electrons. The number of halogens is 1. The maximum Gasteiger partial charge on any atom is 0.256 e. The molecule has 1 rings (SSSR count). The molecule has 1 heterocycles. The number of hydrogen-bond acceptors (Lipinski definition) is 2. The number of nitrogens with one attached hydrogen (secondary N) is 1. The van der Waals surface area contributed by atoms with Gasteiger partial charge in [0.2, 0.25) is 5.22 Å². The molecule has 0 saturated heterocycles. The second-order valence-corrected chi connectivity index (χ2v) is 3.23. The van der Waals surface area contributed by atoms with Gasteiger partial charge in [-0.05, 0) is 24.6 Å². The van der Waals surface area contributed by atoms with Crippen LogP contribution in [0.3, 0.4) is 0 Å². The van der Waals surface area contributed by atoms with Crippen LogP contribution in [0.25, 0.3) is 0 Å². The SMILES string of the molecule is C#CCC(C)NC(=O)c1ccoc1Cl. The second-order valence-electron chi connectivity index (χ2n) is 2.89. The Morgan fingerprint density at radius 1 is 1.86 bits per heavy atom. The summed E-state index contributed by atoms with van der Waals surface area (Å²) in [5, 5.41) is 2.79. The summed E-state index contributed by atoms with van der Waals surface area (Å²) in [4.78, 5) is 11.5. The van der Waals surface area contributed by atoms with Gasteiger partial charge in [0.1, 0.15) is 0 Å². The van der Waals surface area contributed by atoms with Crippen molar-refractivity contribution in [2.75, 3.05) is 0 Å². The van der Waals surface area contributed by atoms with Crippen LogP contribution in [0.2, 0.25) is 5.22 Å². The van der Waals surface area contributed by atoms with Crippen molar-refractivity contribution in [2.45, 2.75) is 19.4 Å². The normalized spacial score (nSPS) is 11.8. The van der Waals surface area contributed by atoms with Crippen molar-refractivity contribution in [1.82, 2.24) is 5.32 Å². The molecule has 4 heteroatoms. The highest BCUT2D eigenvalue weighted by atomic mass is 35.5. The van der Waals surface area contributed by atoms with Gasteiger partial charge in [-0.15, -0.1) is 12.3 Å². The summed E-state index contributed by atoms with van der Waals surface area (Å²) in [6.45, 7) is 1.83. The van der Waals surface area contributed by atoms with E-state index in [1.807, 2.05) is 6.92 Å². The summed E-state index contributed by atoms with van der Waals surface area (Å²) in [5.74, 6) is 2.19. The Hall–Kier alpha value is -1.40. The molecule has 0 bridgehead atoms. The van der Waals surface area contributed by atoms with Crippen LogP contribution in [-0.2, 0) is 0 Å². The minimum absolute atomic E-state index is 0.0709. The first-order chi connectivity index (χ1) is 6.65. The number of amides is 1. The van der Waals surface area contributed by atoms with Crippen LogP contribution in [0.4, 0.5) is 0 Å². The molecule has 0 spiro atoms. The van der Waals surface area contributed by atoms with Crippen LogP contribution in [0.15, 0.2) is 16.7 Å². The van der Waals surface area contributed by atoms with Crippen molar-refractivity contribution in [1.29, 1.82) is 0 Å². The van der Waals surface area contributed by atoms with Gasteiger partial charge in [-0.1, -0.05) is 0 Å². The quantitative estimate of drug-likeness (QED) is 0.778. The van der Waals surface area contributed by atoms with E-state index in [4.69, 9.17) is 22.4 Å². The van der Waals surface area contributed by atoms with Crippen LogP contribution < -0.4 is 5.32 Å². The fraction of sp³-hybridized carbons (Fsp3) is 0.300. The van der Waals surface area contributed by atoms with Crippen LogP contribution in [0.5, 0.6) is 0 Å². The summed E-state index contributed by atoms with van der Waals surface area (Å²) >= 11 is 5.63. The molecule has 1 amide bonds. The monoisotopic (exact) mass is 211 g/mol. The summed E-state index contributed by atoms with van der Waals surface area (Å²) < 4.78 is 4.79. The average molecular weight is 212 g/mol. The highest BCUT2D eigenvalue weighted by molar-refractivity contribution is 6.32. The lowest BCUT2D eigenvalue weighted by Crippen LogP contribution is -2.32. The first-order valence-corrected chi connectivity index (χ1v) is 4.50. The molecule has 3 nitrogen and oxygen atoms in total. The Labute approximate surface area is 87.4 Å². The third-order valence-corrected chi connectivity index (χ3v) is 1.96. The highest BCUT2D eigenvalue weighted by Gasteiger charge is 2.14. The fourth-order valence-electron chi connectivity index (χ4n) is 0.985. The largest absolute Gasteiger partial charge is 0.452 e. The van der Waals surface area contributed by atoms with E-state index in [2.05, 4.69) is 11.2 Å². The zero-order valence-corrected chi connectivity index (χ0v) is 8.47. The van der Waals surface area contributed by atoms with Crippen molar-refractivity contribution >= 4 is 17.5 Å². The van der Waals surface area contributed by atoms with Gasteiger partial charge in [0, 0.05) is 12.5 Å². The van der Waals surface area contributed by atoms with Crippen molar-refractivity contribution < 1.29 is 9.21 Å². The molecular weight excluding hydrogens is 202 g/mol. The molecule has 0 aromatic carbocycles. The number of terminal acetylenes is 1. The van der Waals surface area contributed by atoms with Gasteiger partial charge in [0.15, 0.2) is 0 Å². The van der Waals surface area contributed by atoms with Crippen LogP contribution >= 0.6 is 11.6 Å². The van der Waals surface area contributed by atoms with E-state index in [0.29, 0.717) is 12.0 Å². The Kier molecular flexibility index (Phi) is 3.61. The molecule has 1 N–H and O–H groups in total. The maximum atomic E-state index is 11.5. The number of carbonyl (C=O) groups excluding carboxylic acids is 1. The molecular formula is C10H10ClNO2. The second kappa shape index (κ2) is 4.73. The Morgan fingerprint density at radius 3 is 3.07 bits per heavy atom. The molecule has 1 atom stereocenters. The van der Waals surface area contributed by atoms with Gasteiger partial charge in [-0.3, -0.25) is 4.79 Å². The summed E-state index contributed by atoms with van der Waals surface area (Å²) in [6, 6.07) is 1.44. The topological polar surface area (TPSA) is 42.2 Å². The van der Waals surface area contributed by atoms with E-state index in [1.54, 1.807) is 0 Å². The summed E-state index contributed by atoms with van der Waals surface area (Å²) in [5.41, 5.74) is 0.329. The predicted molar refractivity (Wildman–Crippen MR) is 54.1 cm³/mol. The van der Waals surface area contributed by atoms with Gasteiger partial charge < -0.3 is 9.73 Å². The Bertz CT molecular complexity index is 364. The lowest BCUT2D eigenvalue weighted by atomic mass is 10.2. The Morgan fingerprint density at radius 2 is 2.57 bits per heavy atom. The van der Waals surface area contributed by atoms with Gasteiger partial charge in [0.05, 0.1) is 11.8 Å². The molecule has 0 saturated carbocycles. The van der Waals surface area contributed by atoms with E-state index < -0.39 is 0 Å². The summed E-state index contributed by atoms with van der Waals surface area (Å²) in [6.07, 6.45) is 6.96. The number of furan rings is 1. The molecule has 0 fully saturated rings. The zero-order valence-electron chi connectivity index (χ0n) is 7.71. The lowest BCUT2D eigenvalue weighted by Gasteiger charge is -2.09. The van der Waals surface area contributed by atoms with Crippen molar-refractivity contribution in [3.8, 4) is 12.3 Å². The van der Waals surface area contributed by atoms with Crippen LogP contribution in [0, 0.1) is 12.3 Å². The summed E-state index contributed by atoms with van der Waals surface area (Å²) in [7, 11) is 0. The number of hydrogen-bond donors (Lipinski definition) is 1. The maximum absolute atomic E-state index is 11.5. The molecule has 14 heavy (non-hydrogen) atoms. The van der Waals surface area contributed by atoms with Gasteiger partial charge >= 0.3 is 0 Å². The highest BCUT2D eigenvalue weighted by Crippen LogP contribution is 2.16. The molecule has 0 aliphatic carbocycles. The molecule has 0 aliphatic rings.